The zero-order valence-corrected chi connectivity index (χ0v) is 20.6. The Morgan fingerprint density at radius 2 is 1.82 bits per heavy atom. The van der Waals surface area contributed by atoms with Crippen LogP contribution in [0.1, 0.15) is 67.7 Å². The second-order valence-electron chi connectivity index (χ2n) is 8.48. The lowest BCUT2D eigenvalue weighted by molar-refractivity contribution is 0.115. The maximum absolute atomic E-state index is 11.6. The molecule has 0 aliphatic carbocycles. The number of hydrogen-bond donors (Lipinski definition) is 5. The normalized spacial score (nSPS) is 13.6. The number of sulfonamides is 1. The molecule has 0 aromatic heterocycles. The van der Waals surface area contributed by atoms with Crippen molar-refractivity contribution in [2.75, 3.05) is 26.3 Å². The molecule has 1 unspecified atom stereocenters. The first kappa shape index (κ1) is 28.2. The number of aliphatic hydroxyl groups excluding tert-OH is 2. The Morgan fingerprint density at radius 3 is 2.53 bits per heavy atom. The lowest BCUT2D eigenvalue weighted by atomic mass is 9.97. The van der Waals surface area contributed by atoms with Gasteiger partial charge in [-0.05, 0) is 61.2 Å². The van der Waals surface area contributed by atoms with Crippen molar-refractivity contribution in [3.05, 3.63) is 59.2 Å². The van der Waals surface area contributed by atoms with Gasteiger partial charge in [0, 0.05) is 24.6 Å². The lowest BCUT2D eigenvalue weighted by Gasteiger charge is -2.16. The van der Waals surface area contributed by atoms with Crippen molar-refractivity contribution in [3.63, 3.8) is 0 Å². The summed E-state index contributed by atoms with van der Waals surface area (Å²) in [5, 5.41) is 37.5. The fourth-order valence-electron chi connectivity index (χ4n) is 3.72. The predicted octanol–water partition coefficient (Wildman–Crippen LogP) is 2.93. The van der Waals surface area contributed by atoms with Crippen LogP contribution in [-0.4, -0.2) is 50.0 Å². The SMILES string of the molecule is CCC(COCCCCCCNC[C@@H](O)c1ccc(O)c(CO)c1)c1cccc(S(N)(=O)=O)c1. The molecule has 0 amide bonds. The summed E-state index contributed by atoms with van der Waals surface area (Å²) in [6, 6.07) is 11.5. The largest absolute Gasteiger partial charge is 0.508 e. The molecule has 0 aliphatic heterocycles. The maximum atomic E-state index is 11.6. The molecule has 0 bridgehead atoms. The van der Waals surface area contributed by atoms with E-state index in [1.54, 1.807) is 24.3 Å². The van der Waals surface area contributed by atoms with E-state index in [1.165, 1.54) is 12.1 Å². The van der Waals surface area contributed by atoms with Crippen molar-refractivity contribution in [1.29, 1.82) is 0 Å². The third-order valence-corrected chi connectivity index (χ3v) is 6.77. The second kappa shape index (κ2) is 14.4. The number of hydrogen-bond acceptors (Lipinski definition) is 7. The van der Waals surface area contributed by atoms with E-state index in [0.717, 1.165) is 44.2 Å². The lowest BCUT2D eigenvalue weighted by Crippen LogP contribution is -2.22. The van der Waals surface area contributed by atoms with Gasteiger partial charge in [0.1, 0.15) is 5.75 Å². The Bertz CT molecular complexity index is 983. The third kappa shape index (κ3) is 9.32. The molecule has 2 aromatic carbocycles. The Hall–Kier alpha value is -2.01. The van der Waals surface area contributed by atoms with Crippen LogP contribution in [-0.2, 0) is 21.4 Å². The fourth-order valence-corrected chi connectivity index (χ4v) is 4.29. The highest BCUT2D eigenvalue weighted by atomic mass is 32.2. The first-order valence-electron chi connectivity index (χ1n) is 11.8. The molecule has 0 saturated heterocycles. The highest BCUT2D eigenvalue weighted by molar-refractivity contribution is 7.89. The number of nitrogens with two attached hydrogens (primary N) is 1. The van der Waals surface area contributed by atoms with Gasteiger partial charge in [0.05, 0.1) is 24.2 Å². The molecule has 0 fully saturated rings. The molecular formula is C25H38N2O6S. The molecule has 9 heteroatoms. The average Bonchev–Trinajstić information content (AvgIpc) is 2.82. The summed E-state index contributed by atoms with van der Waals surface area (Å²) in [5.74, 6) is 0.149. The summed E-state index contributed by atoms with van der Waals surface area (Å²) in [7, 11) is -3.71. The van der Waals surface area contributed by atoms with Gasteiger partial charge in [-0.25, -0.2) is 13.6 Å². The zero-order chi connectivity index (χ0) is 25.0. The van der Waals surface area contributed by atoms with Crippen LogP contribution in [0.15, 0.2) is 47.4 Å². The van der Waals surface area contributed by atoms with Crippen LogP contribution in [0, 0.1) is 0 Å². The van der Waals surface area contributed by atoms with Crippen molar-refractivity contribution >= 4 is 10.0 Å². The van der Waals surface area contributed by atoms with Gasteiger partial charge in [-0.15, -0.1) is 0 Å². The van der Waals surface area contributed by atoms with E-state index in [2.05, 4.69) is 12.2 Å². The van der Waals surface area contributed by atoms with Gasteiger partial charge in [-0.3, -0.25) is 0 Å². The van der Waals surface area contributed by atoms with E-state index in [-0.39, 0.29) is 23.2 Å². The molecule has 34 heavy (non-hydrogen) atoms. The number of aliphatic hydroxyl groups is 2. The fraction of sp³-hybridized carbons (Fsp3) is 0.520. The third-order valence-electron chi connectivity index (χ3n) is 5.86. The Labute approximate surface area is 202 Å². The summed E-state index contributed by atoms with van der Waals surface area (Å²) in [6.45, 7) is 4.18. The van der Waals surface area contributed by atoms with Gasteiger partial charge >= 0.3 is 0 Å². The van der Waals surface area contributed by atoms with E-state index in [4.69, 9.17) is 9.88 Å². The van der Waals surface area contributed by atoms with Crippen LogP contribution in [0.2, 0.25) is 0 Å². The number of nitrogens with one attached hydrogen (secondary N) is 1. The van der Waals surface area contributed by atoms with Crippen LogP contribution in [0.3, 0.4) is 0 Å². The molecule has 2 atom stereocenters. The molecule has 0 aliphatic rings. The maximum Gasteiger partial charge on any atom is 0.238 e. The topological polar surface area (TPSA) is 142 Å². The first-order chi connectivity index (χ1) is 16.3. The van der Waals surface area contributed by atoms with Crippen molar-refractivity contribution in [2.24, 2.45) is 5.14 Å². The van der Waals surface area contributed by atoms with Crippen LogP contribution in [0.5, 0.6) is 5.75 Å². The van der Waals surface area contributed by atoms with E-state index in [0.29, 0.717) is 30.9 Å². The van der Waals surface area contributed by atoms with E-state index in [9.17, 15) is 23.7 Å². The monoisotopic (exact) mass is 494 g/mol. The summed E-state index contributed by atoms with van der Waals surface area (Å²) >= 11 is 0. The minimum Gasteiger partial charge on any atom is -0.508 e. The van der Waals surface area contributed by atoms with E-state index >= 15 is 0 Å². The number of unbranched alkanes of at least 4 members (excludes halogenated alkanes) is 3. The molecule has 6 N–H and O–H groups in total. The van der Waals surface area contributed by atoms with Gasteiger partial charge in [-0.1, -0.05) is 38.0 Å². The van der Waals surface area contributed by atoms with Crippen molar-refractivity contribution in [2.45, 2.75) is 62.6 Å². The van der Waals surface area contributed by atoms with Gasteiger partial charge in [-0.2, -0.15) is 0 Å². The number of ether oxygens (including phenoxy) is 1. The van der Waals surface area contributed by atoms with Gasteiger partial charge in [0.2, 0.25) is 10.0 Å². The summed E-state index contributed by atoms with van der Waals surface area (Å²) in [5.41, 5.74) is 1.98. The summed E-state index contributed by atoms with van der Waals surface area (Å²) in [4.78, 5) is 0.127. The van der Waals surface area contributed by atoms with Crippen LogP contribution in [0.25, 0.3) is 0 Å². The Morgan fingerprint density at radius 1 is 1.06 bits per heavy atom. The van der Waals surface area contributed by atoms with Gasteiger partial charge in [0.25, 0.3) is 0 Å². The van der Waals surface area contributed by atoms with Crippen LogP contribution < -0.4 is 10.5 Å². The average molecular weight is 495 g/mol. The number of primary sulfonamides is 1. The minimum atomic E-state index is -3.71. The van der Waals surface area contributed by atoms with Crippen LogP contribution in [0.4, 0.5) is 0 Å². The summed E-state index contributed by atoms with van der Waals surface area (Å²) in [6.07, 6.45) is 4.18. The zero-order valence-electron chi connectivity index (χ0n) is 19.8. The number of phenols is 1. The predicted molar refractivity (Wildman–Crippen MR) is 132 cm³/mol. The molecule has 0 saturated carbocycles. The first-order valence-corrected chi connectivity index (χ1v) is 13.3. The minimum absolute atomic E-state index is 0.0249. The smallest absolute Gasteiger partial charge is 0.238 e. The van der Waals surface area contributed by atoms with Gasteiger partial charge in [0.15, 0.2) is 0 Å². The van der Waals surface area contributed by atoms with Crippen molar-refractivity contribution < 1.29 is 28.5 Å². The second-order valence-corrected chi connectivity index (χ2v) is 10.0. The van der Waals surface area contributed by atoms with Crippen molar-refractivity contribution in [3.8, 4) is 5.75 Å². The molecule has 0 radical (unpaired) electrons. The van der Waals surface area contributed by atoms with E-state index in [1.807, 2.05) is 6.07 Å². The highest BCUT2D eigenvalue weighted by Crippen LogP contribution is 2.23. The van der Waals surface area contributed by atoms with Crippen molar-refractivity contribution in [1.82, 2.24) is 5.32 Å². The Balaban J connectivity index is 1.57. The number of aromatic hydroxyl groups is 1. The molecule has 8 nitrogen and oxygen atoms in total. The van der Waals surface area contributed by atoms with E-state index < -0.39 is 16.1 Å². The van der Waals surface area contributed by atoms with Gasteiger partial charge < -0.3 is 25.4 Å². The standard InChI is InChI=1S/C25H38N2O6S/c1-2-19(20-8-7-9-23(15-20)34(26,31)32)18-33-13-6-4-3-5-12-27-16-25(30)21-10-11-24(29)22(14-21)17-28/h7-11,14-15,19,25,27-30H,2-6,12-13,16-18H2,1H3,(H2,26,31,32)/t19?,25-/m1/s1. The number of benzene rings is 2. The number of rotatable bonds is 16. The molecular weight excluding hydrogens is 456 g/mol. The van der Waals surface area contributed by atoms with Crippen LogP contribution >= 0.6 is 0 Å². The molecule has 0 heterocycles. The quantitative estimate of drug-likeness (QED) is 0.226. The Kier molecular flexibility index (Phi) is 12.0. The molecule has 190 valence electrons. The summed E-state index contributed by atoms with van der Waals surface area (Å²) < 4.78 is 29.0. The molecule has 2 aromatic rings. The molecule has 0 spiro atoms. The highest BCUT2D eigenvalue weighted by Gasteiger charge is 2.14. The molecule has 2 rings (SSSR count).